The number of hydrogen-bond donors (Lipinski definition) is 2. The second kappa shape index (κ2) is 30.6. The third-order valence-corrected chi connectivity index (χ3v) is 42.1. The van der Waals surface area contributed by atoms with Gasteiger partial charge < -0.3 is 14.4 Å². The average Bonchev–Trinajstić information content (AvgIpc) is 1.66. The van der Waals surface area contributed by atoms with Gasteiger partial charge in [0.2, 0.25) is 0 Å². The summed E-state index contributed by atoms with van der Waals surface area (Å²) in [7, 11) is -5.60. The predicted molar refractivity (Wildman–Crippen MR) is 441 cm³/mol. The first-order valence-electron chi connectivity index (χ1n) is 47.6. The molecule has 0 spiro atoms. The molecule has 0 radical (unpaired) electrons. The van der Waals surface area contributed by atoms with Crippen LogP contribution in [-0.2, 0) is 23.9 Å². The maximum absolute atomic E-state index is 12.8. The molecule has 13 heteroatoms. The van der Waals surface area contributed by atoms with E-state index in [4.69, 9.17) is 0 Å². The second-order valence-corrected chi connectivity index (χ2v) is 48.8. The molecule has 17 fully saturated rings. The van der Waals surface area contributed by atoms with E-state index in [1.807, 2.05) is 6.92 Å². The highest BCUT2D eigenvalue weighted by Gasteiger charge is 2.64. The quantitative estimate of drug-likeness (QED) is 0.202. The molecular weight excluding hydrogens is 1430 g/mol. The van der Waals surface area contributed by atoms with Gasteiger partial charge in [-0.15, -0.1) is 0 Å². The maximum atomic E-state index is 12.8. The van der Waals surface area contributed by atoms with Crippen LogP contribution in [0, 0.1) is 213 Å². The van der Waals surface area contributed by atoms with Gasteiger partial charge in [-0.25, -0.2) is 0 Å². The molecule has 113 heavy (non-hydrogen) atoms. The zero-order valence-corrected chi connectivity index (χ0v) is 73.1. The van der Waals surface area contributed by atoms with Gasteiger partial charge in [-0.2, -0.15) is 32.1 Å². The van der Waals surface area contributed by atoms with Gasteiger partial charge in [0.05, 0.1) is 24.3 Å². The van der Waals surface area contributed by atoms with E-state index in [9.17, 15) is 51.9 Å². The average molecular weight is 1580 g/mol. The van der Waals surface area contributed by atoms with Crippen molar-refractivity contribution in [2.45, 2.75) is 370 Å². The van der Waals surface area contributed by atoms with Gasteiger partial charge in [0.1, 0.15) is 17.3 Å². The fourth-order valence-electron chi connectivity index (χ4n) is 35.0. The van der Waals surface area contributed by atoms with Crippen LogP contribution in [0.25, 0.3) is 0 Å². The molecule has 1 unspecified atom stereocenters. The summed E-state index contributed by atoms with van der Waals surface area (Å²) in [6, 6.07) is 5.02. The molecule has 0 saturated heterocycles. The SMILES string of the molecule is C[C@@H]1CC[C@@H]2C[C@H]3[C@@H](CC[C@@]4(C)C(=O)CC[C@H]34)C[C@@]2(C)C1.C[C@@H]1CC[C@@H]2C[C@H]3[C@@H](CC[C@@]4(C)C(C#N)=CC[C@H]34)C[C@@]2(C)C1.C[C@@H]1CC[C@@H]2C[C@H]3[C@@H](CC[C@@]4(C)C(OS(=O)(=O)C(F)(F)F)=CC[C@H]34)C[C@@]2(C)C1.C[C@@]12CC[C@H]3CC4C[C@H](O)CC[C@@H]4C[C@@H]3[C@H]1CC=C2C#N.C[C@]12C[C@H](O)CC[C@@H]1C[C@H]1[C@@H](CC[C@@]3(C)C(=O)CC[C@H]13)C2. The van der Waals surface area contributed by atoms with Crippen LogP contribution in [0.2, 0.25) is 0 Å². The molecule has 20 aliphatic carbocycles. The molecule has 20 rings (SSSR count). The molecule has 0 bridgehead atoms. The summed E-state index contributed by atoms with van der Waals surface area (Å²) in [5.74, 6) is 19.9. The lowest BCUT2D eigenvalue weighted by Gasteiger charge is -2.58. The van der Waals surface area contributed by atoms with Crippen molar-refractivity contribution < 1.29 is 45.6 Å². The molecule has 0 aromatic rings. The normalized spacial score (nSPS) is 52.6. The summed E-state index contributed by atoms with van der Waals surface area (Å²) in [6.45, 7) is 28.6. The minimum atomic E-state index is -5.60. The highest BCUT2D eigenvalue weighted by Crippen LogP contribution is 2.71. The maximum Gasteiger partial charge on any atom is 0.534 e. The minimum Gasteiger partial charge on any atom is -0.393 e. The zero-order valence-electron chi connectivity index (χ0n) is 72.3. The Labute approximate surface area is 682 Å². The number of rotatable bonds is 2. The second-order valence-electron chi connectivity index (χ2n) is 47.3. The number of ketones is 2. The van der Waals surface area contributed by atoms with Crippen LogP contribution in [-0.4, -0.2) is 47.9 Å². The number of aliphatic hydroxyl groups excluding tert-OH is 2. The van der Waals surface area contributed by atoms with E-state index < -0.39 is 21.0 Å². The number of halogens is 3. The van der Waals surface area contributed by atoms with Crippen LogP contribution in [0.4, 0.5) is 13.2 Å². The van der Waals surface area contributed by atoms with Crippen molar-refractivity contribution in [2.24, 2.45) is 191 Å². The number of alkyl halides is 3. The van der Waals surface area contributed by atoms with E-state index in [-0.39, 0.29) is 45.5 Å². The summed E-state index contributed by atoms with van der Waals surface area (Å²) in [4.78, 5) is 24.8. The van der Waals surface area contributed by atoms with Gasteiger partial charge in [0, 0.05) is 51.1 Å². The Bertz CT molecular complexity index is 3790. The van der Waals surface area contributed by atoms with Crippen molar-refractivity contribution >= 4 is 21.7 Å². The minimum absolute atomic E-state index is 0.0170. The molecule has 9 nitrogen and oxygen atoms in total. The van der Waals surface area contributed by atoms with Gasteiger partial charge in [-0.1, -0.05) is 114 Å². The Balaban J connectivity index is 0.000000107. The largest absolute Gasteiger partial charge is 0.534 e. The first kappa shape index (κ1) is 83.6. The third kappa shape index (κ3) is 14.7. The van der Waals surface area contributed by atoms with Gasteiger partial charge >= 0.3 is 15.6 Å². The standard InChI is InChI=1S/C21H31F3O3S.C21H31N.C20H32O.C19H27NO.C19H30O2/c1-13-4-5-15-10-16-14(12-19(15,2)11-13)8-9-20(3)17(16)6-7-18(20)27-28(25,26)21(22,23)24;1-14-4-5-16-10-18-15(12-20(16,2)11-14)8-9-21(3)17(13-22)6-7-19(18)21;1-13-4-5-15-10-16-14(12-19(15,2)11-13)8-9-20(3)17(16)6-7-18(20)21;1-19-7-6-13-8-14-9-16(21)4-2-12(14)10-17(13)18(19)5-3-15(19)11-20;1-18-10-12-7-8-19(2)16(5-6-17(19)21)15(12)9-13(18)3-4-14(20)11-18/h7,13-17H,4-6,8-12H2,1-3H3;6,14-16,18-19H,4-5,7-12H2,1-3H3;13-17H,4-12H2,1-3H3;3,12-14,16-18,21H,2,4-10H2,1H3;12-16,20H,3-11H2,1-2H3/t13-,14+,15-,16+,17-,19-,20-;14-,15+,16-,18+,19-,20-,21+;13-,14+,15-,16+,17-,19-,20-;12-,13+,14?,16-,17+,18-,19+;12-,13+,14+,15-,16+,18-,19+/m11110/s1. The molecule has 17 saturated carbocycles. The Kier molecular flexibility index (Phi) is 22.6. The molecule has 0 aromatic carbocycles. The van der Waals surface area contributed by atoms with Crippen molar-refractivity contribution in [3.05, 3.63) is 35.1 Å². The summed E-state index contributed by atoms with van der Waals surface area (Å²) in [5, 5.41) is 39.0. The van der Waals surface area contributed by atoms with E-state index in [0.29, 0.717) is 69.7 Å². The number of hydrogen-bond acceptors (Lipinski definition) is 9. The molecule has 0 amide bonds. The zero-order chi connectivity index (χ0) is 80.3. The lowest BCUT2D eigenvalue weighted by atomic mass is 9.47. The lowest BCUT2D eigenvalue weighted by Crippen LogP contribution is -2.50. The first-order chi connectivity index (χ1) is 53.3. The number of Topliss-reactive ketones (excluding diaryl/α,β-unsaturated/α-hetero) is 2. The van der Waals surface area contributed by atoms with Crippen LogP contribution in [0.1, 0.15) is 353 Å². The van der Waals surface area contributed by atoms with Crippen LogP contribution < -0.4 is 0 Å². The fraction of sp³-hybridized carbons (Fsp3) is 0.900. The molecule has 0 aromatic heterocycles. The summed E-state index contributed by atoms with van der Waals surface area (Å²) < 4.78 is 66.3. The van der Waals surface area contributed by atoms with E-state index in [0.717, 1.165) is 194 Å². The summed E-state index contributed by atoms with van der Waals surface area (Å²) in [6.07, 6.45) is 57.3. The highest BCUT2D eigenvalue weighted by atomic mass is 32.2. The Morgan fingerprint density at radius 2 is 0.735 bits per heavy atom. The van der Waals surface area contributed by atoms with Gasteiger partial charge in [0.15, 0.2) is 0 Å². The molecule has 0 aliphatic heterocycles. The number of carbonyl (C=O) groups excluding carboxylic acids is 2. The predicted octanol–water partition coefficient (Wildman–Crippen LogP) is 25.0. The smallest absolute Gasteiger partial charge is 0.393 e. The van der Waals surface area contributed by atoms with Crippen molar-refractivity contribution in [2.75, 3.05) is 0 Å². The lowest BCUT2D eigenvalue weighted by molar-refractivity contribution is -0.135. The van der Waals surface area contributed by atoms with Gasteiger partial charge in [-0.3, -0.25) is 9.59 Å². The van der Waals surface area contributed by atoms with Gasteiger partial charge in [-0.05, 0) is 407 Å². The van der Waals surface area contributed by atoms with Gasteiger partial charge in [0.25, 0.3) is 0 Å². The number of fused-ring (bicyclic) bond motifs is 20. The Morgan fingerprint density at radius 1 is 0.381 bits per heavy atom. The van der Waals surface area contributed by atoms with E-state index >= 15 is 0 Å². The Hall–Kier alpha value is -3.00. The number of allylic oxidation sites excluding steroid dienone is 6. The van der Waals surface area contributed by atoms with E-state index in [2.05, 4.69) is 105 Å². The highest BCUT2D eigenvalue weighted by molar-refractivity contribution is 7.87. The van der Waals surface area contributed by atoms with Crippen LogP contribution in [0.5, 0.6) is 0 Å². The van der Waals surface area contributed by atoms with E-state index in [1.54, 1.807) is 6.08 Å². The Morgan fingerprint density at radius 3 is 1.16 bits per heavy atom. The van der Waals surface area contributed by atoms with Crippen molar-refractivity contribution in [3.63, 3.8) is 0 Å². The van der Waals surface area contributed by atoms with Crippen LogP contribution >= 0.6 is 0 Å². The van der Waals surface area contributed by atoms with Crippen molar-refractivity contribution in [3.8, 4) is 12.1 Å². The molecule has 20 aliphatic rings. The van der Waals surface area contributed by atoms with E-state index in [1.165, 1.54) is 186 Å². The number of nitriles is 2. The van der Waals surface area contributed by atoms with Crippen LogP contribution in [0.15, 0.2) is 35.1 Å². The number of aliphatic hydroxyl groups is 2. The topological polar surface area (TPSA) is 166 Å². The monoisotopic (exact) mass is 1580 g/mol. The number of carbonyl (C=O) groups is 2. The fourth-order valence-corrected chi connectivity index (χ4v) is 35.6. The molecule has 0 heterocycles. The summed E-state index contributed by atoms with van der Waals surface area (Å²) in [5.41, 5.74) is -1.32. The third-order valence-electron chi connectivity index (χ3n) is 41.1. The molecule has 35 atom stereocenters. The molecular formula is C100H151F3N2O7S. The van der Waals surface area contributed by atoms with Crippen molar-refractivity contribution in [1.29, 1.82) is 10.5 Å². The molecule has 2 N–H and O–H groups in total. The van der Waals surface area contributed by atoms with Crippen molar-refractivity contribution in [1.82, 2.24) is 0 Å². The molecule has 630 valence electrons. The first-order valence-corrected chi connectivity index (χ1v) is 49.0. The summed E-state index contributed by atoms with van der Waals surface area (Å²) >= 11 is 0. The number of nitrogens with zero attached hydrogens (tertiary/aromatic N) is 2. The van der Waals surface area contributed by atoms with Crippen LogP contribution in [0.3, 0.4) is 0 Å².